The van der Waals surface area contributed by atoms with Gasteiger partial charge in [0.05, 0.1) is 12.9 Å². The van der Waals surface area contributed by atoms with E-state index in [-0.39, 0.29) is 18.0 Å². The molecular formula is C22H35N5O4. The van der Waals surface area contributed by atoms with Crippen molar-refractivity contribution >= 4 is 18.0 Å². The number of likely N-dealkylation sites (tertiary alicyclic amines) is 2. The predicted molar refractivity (Wildman–Crippen MR) is 118 cm³/mol. The number of amides is 2. The Bertz CT molecular complexity index is 713. The maximum Gasteiger partial charge on any atom is 0.409 e. The highest BCUT2D eigenvalue weighted by atomic mass is 16.6. The minimum Gasteiger partial charge on any atom is -0.469 e. The van der Waals surface area contributed by atoms with Gasteiger partial charge in [0.15, 0.2) is 5.96 Å². The number of ether oxygens (including phenoxy) is 1. The molecule has 3 heterocycles. The van der Waals surface area contributed by atoms with E-state index in [1.165, 1.54) is 0 Å². The van der Waals surface area contributed by atoms with Gasteiger partial charge in [0.2, 0.25) is 5.91 Å². The number of guanidine groups is 1. The average molecular weight is 434 g/mol. The third-order valence-corrected chi connectivity index (χ3v) is 5.63. The lowest BCUT2D eigenvalue weighted by Gasteiger charge is -2.32. The Kier molecular flexibility index (Phi) is 9.05. The number of hydrogen-bond acceptors (Lipinski definition) is 5. The first-order chi connectivity index (χ1) is 15.2. The number of carbonyl (C=O) groups excluding carboxylic acids is 2. The maximum absolute atomic E-state index is 11.9. The predicted octanol–water partition coefficient (Wildman–Crippen LogP) is 1.99. The molecule has 2 fully saturated rings. The molecule has 0 aromatic carbocycles. The zero-order valence-electron chi connectivity index (χ0n) is 18.5. The highest BCUT2D eigenvalue weighted by Crippen LogP contribution is 2.12. The largest absolute Gasteiger partial charge is 0.469 e. The van der Waals surface area contributed by atoms with Gasteiger partial charge in [-0.25, -0.2) is 4.79 Å². The first-order valence-electron chi connectivity index (χ1n) is 11.4. The van der Waals surface area contributed by atoms with Crippen LogP contribution in [0.4, 0.5) is 4.79 Å². The Balaban J connectivity index is 1.46. The van der Waals surface area contributed by atoms with Gasteiger partial charge in [-0.2, -0.15) is 0 Å². The first kappa shape index (κ1) is 23.0. The highest BCUT2D eigenvalue weighted by Gasteiger charge is 2.24. The molecule has 9 nitrogen and oxygen atoms in total. The minimum absolute atomic E-state index is 0.233. The number of carbonyl (C=O) groups is 2. The molecule has 1 aromatic rings. The normalized spacial score (nSPS) is 17.8. The summed E-state index contributed by atoms with van der Waals surface area (Å²) in [5.74, 6) is 1.96. The van der Waals surface area contributed by atoms with Crippen LogP contribution in [-0.2, 0) is 16.0 Å². The monoisotopic (exact) mass is 433 g/mol. The summed E-state index contributed by atoms with van der Waals surface area (Å²) in [4.78, 5) is 32.1. The Morgan fingerprint density at radius 3 is 2.84 bits per heavy atom. The van der Waals surface area contributed by atoms with E-state index in [0.29, 0.717) is 39.2 Å². The molecule has 0 unspecified atom stereocenters. The van der Waals surface area contributed by atoms with Gasteiger partial charge in [-0.15, -0.1) is 0 Å². The van der Waals surface area contributed by atoms with Crippen molar-refractivity contribution in [3.8, 4) is 0 Å². The number of furan rings is 1. The van der Waals surface area contributed by atoms with E-state index in [9.17, 15) is 9.59 Å². The molecule has 1 aromatic heterocycles. The van der Waals surface area contributed by atoms with Crippen molar-refractivity contribution in [1.29, 1.82) is 0 Å². The summed E-state index contributed by atoms with van der Waals surface area (Å²) < 4.78 is 10.5. The van der Waals surface area contributed by atoms with Crippen LogP contribution >= 0.6 is 0 Å². The molecule has 3 rings (SSSR count). The van der Waals surface area contributed by atoms with Gasteiger partial charge in [-0.05, 0) is 44.7 Å². The van der Waals surface area contributed by atoms with Crippen LogP contribution in [0.3, 0.4) is 0 Å². The Labute approximate surface area is 184 Å². The summed E-state index contributed by atoms with van der Waals surface area (Å²) in [6.07, 6.45) is 6.40. The molecule has 172 valence electrons. The van der Waals surface area contributed by atoms with E-state index in [2.05, 4.69) is 10.6 Å². The quantitative estimate of drug-likeness (QED) is 0.351. The summed E-state index contributed by atoms with van der Waals surface area (Å²) in [6, 6.07) is 4.10. The number of nitrogens with zero attached hydrogens (tertiary/aromatic N) is 3. The zero-order valence-corrected chi connectivity index (χ0v) is 18.5. The zero-order chi connectivity index (χ0) is 21.9. The summed E-state index contributed by atoms with van der Waals surface area (Å²) in [7, 11) is 0. The van der Waals surface area contributed by atoms with Gasteiger partial charge >= 0.3 is 6.09 Å². The molecule has 0 saturated carbocycles. The third-order valence-electron chi connectivity index (χ3n) is 5.63. The van der Waals surface area contributed by atoms with Crippen LogP contribution in [0.5, 0.6) is 0 Å². The summed E-state index contributed by atoms with van der Waals surface area (Å²) in [5, 5.41) is 6.90. The number of aliphatic imine (C=N–C) groups is 1. The van der Waals surface area contributed by atoms with Crippen molar-refractivity contribution in [2.75, 3.05) is 45.9 Å². The molecule has 2 amide bonds. The molecule has 0 radical (unpaired) electrons. The van der Waals surface area contributed by atoms with E-state index >= 15 is 0 Å². The fourth-order valence-electron chi connectivity index (χ4n) is 3.92. The van der Waals surface area contributed by atoms with Crippen LogP contribution < -0.4 is 10.6 Å². The number of nitrogens with one attached hydrogen (secondary N) is 2. The number of piperidine rings is 1. The van der Waals surface area contributed by atoms with Crippen LogP contribution in [0.1, 0.15) is 44.8 Å². The van der Waals surface area contributed by atoms with Crippen LogP contribution in [-0.4, -0.2) is 79.7 Å². The van der Waals surface area contributed by atoms with E-state index in [4.69, 9.17) is 14.1 Å². The number of rotatable bonds is 9. The molecule has 2 aliphatic rings. The smallest absolute Gasteiger partial charge is 0.409 e. The van der Waals surface area contributed by atoms with E-state index in [1.54, 1.807) is 11.2 Å². The maximum atomic E-state index is 11.9. The van der Waals surface area contributed by atoms with Crippen molar-refractivity contribution < 1.29 is 18.7 Å². The van der Waals surface area contributed by atoms with E-state index in [1.807, 2.05) is 24.0 Å². The Morgan fingerprint density at radius 2 is 2.16 bits per heavy atom. The molecule has 2 saturated heterocycles. The van der Waals surface area contributed by atoms with Crippen LogP contribution in [0.15, 0.2) is 27.8 Å². The van der Waals surface area contributed by atoms with Crippen molar-refractivity contribution in [2.24, 2.45) is 4.99 Å². The van der Waals surface area contributed by atoms with Gasteiger partial charge in [0.1, 0.15) is 5.76 Å². The molecule has 2 N–H and O–H groups in total. The summed E-state index contributed by atoms with van der Waals surface area (Å²) >= 11 is 0. The second-order valence-corrected chi connectivity index (χ2v) is 7.93. The van der Waals surface area contributed by atoms with Crippen molar-refractivity contribution in [2.45, 2.75) is 51.5 Å². The lowest BCUT2D eigenvalue weighted by molar-refractivity contribution is -0.127. The second-order valence-electron chi connectivity index (χ2n) is 7.93. The molecular weight excluding hydrogens is 398 g/mol. The van der Waals surface area contributed by atoms with Gasteiger partial charge in [0, 0.05) is 58.2 Å². The fraction of sp³-hybridized carbons (Fsp3) is 0.682. The van der Waals surface area contributed by atoms with Crippen molar-refractivity contribution in [3.05, 3.63) is 24.2 Å². The van der Waals surface area contributed by atoms with Crippen molar-refractivity contribution in [3.63, 3.8) is 0 Å². The molecule has 0 bridgehead atoms. The molecule has 9 heteroatoms. The highest BCUT2D eigenvalue weighted by molar-refractivity contribution is 5.80. The lowest BCUT2D eigenvalue weighted by Crippen LogP contribution is -2.50. The van der Waals surface area contributed by atoms with Crippen molar-refractivity contribution in [1.82, 2.24) is 20.4 Å². The Morgan fingerprint density at radius 1 is 1.32 bits per heavy atom. The summed E-state index contributed by atoms with van der Waals surface area (Å²) in [5.41, 5.74) is 0. The Hall–Kier alpha value is -2.71. The van der Waals surface area contributed by atoms with Crippen LogP contribution in [0.2, 0.25) is 0 Å². The third kappa shape index (κ3) is 7.48. The lowest BCUT2D eigenvalue weighted by atomic mass is 10.1. The first-order valence-corrected chi connectivity index (χ1v) is 11.4. The molecule has 2 aliphatic heterocycles. The average Bonchev–Trinajstić information content (AvgIpc) is 3.43. The summed E-state index contributed by atoms with van der Waals surface area (Å²) in [6.45, 7) is 6.57. The van der Waals surface area contributed by atoms with Crippen LogP contribution in [0, 0.1) is 0 Å². The van der Waals surface area contributed by atoms with Gasteiger partial charge < -0.3 is 29.6 Å². The van der Waals surface area contributed by atoms with Gasteiger partial charge in [0.25, 0.3) is 0 Å². The van der Waals surface area contributed by atoms with Crippen LogP contribution in [0.25, 0.3) is 0 Å². The topological polar surface area (TPSA) is 99.4 Å². The molecule has 0 atom stereocenters. The van der Waals surface area contributed by atoms with E-state index < -0.39 is 0 Å². The molecule has 0 spiro atoms. The van der Waals surface area contributed by atoms with E-state index in [0.717, 1.165) is 56.9 Å². The standard InChI is InChI=1S/C22H35N5O4/c1-2-30-22(29)27-15-9-18(10-16-27)25-21(24-12-8-19-6-4-17-31-19)23-11-5-14-26-13-3-7-20(26)28/h4,6,17-18H,2-3,5,7-16H2,1H3,(H2,23,24,25). The fourth-order valence-corrected chi connectivity index (χ4v) is 3.92. The second kappa shape index (κ2) is 12.2. The van der Waals surface area contributed by atoms with Gasteiger partial charge in [-0.1, -0.05) is 0 Å². The number of hydrogen-bond donors (Lipinski definition) is 2. The SMILES string of the molecule is CCOC(=O)N1CCC(NC(=NCCCN2CCCC2=O)NCCc2ccco2)CC1. The van der Waals surface area contributed by atoms with Gasteiger partial charge in [-0.3, -0.25) is 9.79 Å². The molecule has 0 aliphatic carbocycles. The molecule has 31 heavy (non-hydrogen) atoms. The minimum atomic E-state index is -0.233.